The molecule has 3 N–H and O–H groups in total. The van der Waals surface area contributed by atoms with E-state index in [1.54, 1.807) is 6.20 Å². The van der Waals surface area contributed by atoms with Gasteiger partial charge in [0, 0.05) is 49.8 Å². The van der Waals surface area contributed by atoms with E-state index >= 15 is 0 Å². The van der Waals surface area contributed by atoms with Crippen LogP contribution in [0.3, 0.4) is 0 Å². The van der Waals surface area contributed by atoms with Crippen LogP contribution in [0, 0.1) is 6.92 Å². The number of nitrogens with one attached hydrogen (secondary N) is 3. The third-order valence-corrected chi connectivity index (χ3v) is 6.05. The minimum absolute atomic E-state index is 0.0138. The summed E-state index contributed by atoms with van der Waals surface area (Å²) in [6, 6.07) is 11.5. The topological polar surface area (TPSA) is 130 Å². The molecule has 11 heteroatoms. The van der Waals surface area contributed by atoms with Crippen LogP contribution in [-0.4, -0.2) is 56.1 Å². The second-order valence-corrected chi connectivity index (χ2v) is 9.38. The highest BCUT2D eigenvalue weighted by atomic mass is 16.5. The Morgan fingerprint density at radius 3 is 2.81 bits per heavy atom. The number of nitrogens with zero attached hydrogens (tertiary/aromatic N) is 6. The predicted molar refractivity (Wildman–Crippen MR) is 142 cm³/mol. The van der Waals surface area contributed by atoms with Crippen molar-refractivity contribution in [3.05, 3.63) is 54.0 Å². The number of anilines is 4. The molecule has 1 fully saturated rings. The molecule has 5 heterocycles. The van der Waals surface area contributed by atoms with Crippen molar-refractivity contribution < 1.29 is 9.26 Å². The van der Waals surface area contributed by atoms with Gasteiger partial charge in [0.25, 0.3) is 0 Å². The maximum absolute atomic E-state index is 5.78. The Labute approximate surface area is 216 Å². The average Bonchev–Trinajstić information content (AvgIpc) is 3.65. The number of ether oxygens (including phenoxy) is 1. The third-order valence-electron chi connectivity index (χ3n) is 6.05. The first-order chi connectivity index (χ1) is 18.0. The maximum atomic E-state index is 5.78. The average molecular weight is 504 g/mol. The normalized spacial score (nSPS) is 15.5. The molecule has 4 aromatic rings. The van der Waals surface area contributed by atoms with Crippen molar-refractivity contribution in [2.45, 2.75) is 52.2 Å². The molecule has 4 aromatic heterocycles. The number of rotatable bonds is 11. The van der Waals surface area contributed by atoms with E-state index in [9.17, 15) is 0 Å². The van der Waals surface area contributed by atoms with Crippen molar-refractivity contribution in [3.8, 4) is 11.4 Å². The molecule has 5 rings (SSSR count). The Kier molecular flexibility index (Phi) is 7.59. The fraction of sp³-hybridized carbons (Fsp3) is 0.423. The molecule has 194 valence electrons. The molecule has 0 saturated carbocycles. The van der Waals surface area contributed by atoms with Crippen LogP contribution in [0.2, 0.25) is 0 Å². The van der Waals surface area contributed by atoms with Crippen LogP contribution < -0.4 is 15.5 Å². The summed E-state index contributed by atoms with van der Waals surface area (Å²) in [7, 11) is 0. The van der Waals surface area contributed by atoms with E-state index in [0.29, 0.717) is 24.2 Å². The molecule has 37 heavy (non-hydrogen) atoms. The van der Waals surface area contributed by atoms with E-state index in [4.69, 9.17) is 19.2 Å². The highest BCUT2D eigenvalue weighted by Gasteiger charge is 2.32. The smallest absolute Gasteiger partial charge is 0.229 e. The second-order valence-electron chi connectivity index (χ2n) is 9.38. The zero-order chi connectivity index (χ0) is 25.6. The zero-order valence-corrected chi connectivity index (χ0v) is 21.4. The Morgan fingerprint density at radius 1 is 1.14 bits per heavy atom. The quantitative estimate of drug-likeness (QED) is 0.244. The molecule has 0 aromatic carbocycles. The molecule has 0 unspecified atom stereocenters. The minimum atomic E-state index is -0.0138. The van der Waals surface area contributed by atoms with E-state index in [1.807, 2.05) is 57.2 Å². The lowest BCUT2D eigenvalue weighted by molar-refractivity contribution is 0.0787. The second kappa shape index (κ2) is 11.4. The van der Waals surface area contributed by atoms with Crippen molar-refractivity contribution >= 4 is 23.4 Å². The van der Waals surface area contributed by atoms with Crippen molar-refractivity contribution in [2.75, 3.05) is 35.2 Å². The number of hydrogen-bond donors (Lipinski definition) is 3. The van der Waals surface area contributed by atoms with Gasteiger partial charge >= 0.3 is 0 Å². The van der Waals surface area contributed by atoms with Gasteiger partial charge < -0.3 is 24.8 Å². The first-order valence-corrected chi connectivity index (χ1v) is 12.7. The summed E-state index contributed by atoms with van der Waals surface area (Å²) in [5.74, 6) is 3.50. The van der Waals surface area contributed by atoms with Crippen LogP contribution >= 0.6 is 0 Å². The summed E-state index contributed by atoms with van der Waals surface area (Å²) in [5.41, 5.74) is 2.47. The summed E-state index contributed by atoms with van der Waals surface area (Å²) >= 11 is 0. The molecule has 0 bridgehead atoms. The molecule has 1 atom stereocenters. The molecule has 1 aliphatic rings. The van der Waals surface area contributed by atoms with Gasteiger partial charge in [0.2, 0.25) is 5.95 Å². The Balaban J connectivity index is 1.37. The minimum Gasteiger partial charge on any atom is -0.379 e. The molecule has 0 radical (unpaired) electrons. The molecule has 1 aliphatic heterocycles. The lowest BCUT2D eigenvalue weighted by Crippen LogP contribution is -2.25. The highest BCUT2D eigenvalue weighted by molar-refractivity contribution is 5.60. The van der Waals surface area contributed by atoms with Gasteiger partial charge in [0.05, 0.1) is 17.8 Å². The molecule has 11 nitrogen and oxygen atoms in total. The van der Waals surface area contributed by atoms with Gasteiger partial charge in [-0.15, -0.1) is 0 Å². The van der Waals surface area contributed by atoms with Crippen molar-refractivity contribution in [2.24, 2.45) is 0 Å². The van der Waals surface area contributed by atoms with Crippen molar-refractivity contribution in [3.63, 3.8) is 0 Å². The summed E-state index contributed by atoms with van der Waals surface area (Å²) < 4.78 is 11.4. The highest BCUT2D eigenvalue weighted by Crippen LogP contribution is 2.37. The van der Waals surface area contributed by atoms with Crippen molar-refractivity contribution in [1.29, 1.82) is 0 Å². The van der Waals surface area contributed by atoms with Crippen molar-refractivity contribution in [1.82, 2.24) is 30.3 Å². The van der Waals surface area contributed by atoms with Gasteiger partial charge in [-0.25, -0.2) is 0 Å². The number of aromatic amines is 1. The fourth-order valence-corrected chi connectivity index (χ4v) is 4.32. The standard InChI is InChI=1S/C26H33N9O2/c1-17(2)36-13-7-11-28-23-16-24(29-25-14-18(3)32-33-25)31-26(30-23)35-12-6-9-21(35)22-15-20(34-37-22)19-8-4-5-10-27-19/h4-5,8,10,14-17,21H,6-7,9,11-13H2,1-3H3,(H3,28,29,30,31,32,33)/t21-/m0/s1. The number of pyridine rings is 1. The molecule has 0 aliphatic carbocycles. The molecule has 1 saturated heterocycles. The van der Waals surface area contributed by atoms with E-state index in [1.165, 1.54) is 0 Å². The summed E-state index contributed by atoms with van der Waals surface area (Å²) in [4.78, 5) is 16.3. The SMILES string of the molecule is Cc1cc(Nc2cc(NCCCOC(C)C)nc(N3CCC[C@H]3c3cc(-c4ccccn4)no3)n2)n[nH]1. The Bertz CT molecular complexity index is 1290. The van der Waals surface area contributed by atoms with E-state index in [2.05, 4.69) is 35.9 Å². The van der Waals surface area contributed by atoms with Crippen LogP contribution in [0.5, 0.6) is 0 Å². The number of aryl methyl sites for hydroxylation is 1. The van der Waals surface area contributed by atoms with E-state index in [-0.39, 0.29) is 12.1 Å². The number of aromatic nitrogens is 6. The van der Waals surface area contributed by atoms with E-state index in [0.717, 1.165) is 61.0 Å². The fourth-order valence-electron chi connectivity index (χ4n) is 4.32. The first-order valence-electron chi connectivity index (χ1n) is 12.7. The Hall–Kier alpha value is -3.99. The van der Waals surface area contributed by atoms with Crippen LogP contribution in [0.4, 0.5) is 23.4 Å². The van der Waals surface area contributed by atoms with Crippen LogP contribution in [0.25, 0.3) is 11.4 Å². The van der Waals surface area contributed by atoms with Gasteiger partial charge in [0.1, 0.15) is 17.3 Å². The molecule has 0 spiro atoms. The maximum Gasteiger partial charge on any atom is 0.229 e. The van der Waals surface area contributed by atoms with Crippen LogP contribution in [-0.2, 0) is 4.74 Å². The summed E-state index contributed by atoms with van der Waals surface area (Å²) in [6.45, 7) is 8.29. The molecular weight excluding hydrogens is 470 g/mol. The van der Waals surface area contributed by atoms with Gasteiger partial charge in [-0.2, -0.15) is 15.1 Å². The van der Waals surface area contributed by atoms with Gasteiger partial charge in [-0.1, -0.05) is 11.2 Å². The lowest BCUT2D eigenvalue weighted by Gasteiger charge is -2.23. The monoisotopic (exact) mass is 503 g/mol. The van der Waals surface area contributed by atoms with Crippen LogP contribution in [0.15, 0.2) is 47.1 Å². The van der Waals surface area contributed by atoms with Gasteiger partial charge in [0.15, 0.2) is 11.6 Å². The largest absolute Gasteiger partial charge is 0.379 e. The molecule has 0 amide bonds. The zero-order valence-electron chi connectivity index (χ0n) is 21.4. The summed E-state index contributed by atoms with van der Waals surface area (Å²) in [5, 5.41) is 18.2. The number of H-pyrrole nitrogens is 1. The van der Waals surface area contributed by atoms with Gasteiger partial charge in [-0.3, -0.25) is 10.1 Å². The lowest BCUT2D eigenvalue weighted by atomic mass is 10.1. The molecular formula is C26H33N9O2. The summed E-state index contributed by atoms with van der Waals surface area (Å²) in [6.07, 6.45) is 4.77. The Morgan fingerprint density at radius 2 is 2.03 bits per heavy atom. The van der Waals surface area contributed by atoms with Gasteiger partial charge in [-0.05, 0) is 52.2 Å². The first kappa shape index (κ1) is 24.7. The van der Waals surface area contributed by atoms with E-state index < -0.39 is 0 Å². The van der Waals surface area contributed by atoms with Crippen LogP contribution in [0.1, 0.15) is 50.6 Å². The third kappa shape index (κ3) is 6.23. The number of hydrogen-bond acceptors (Lipinski definition) is 10. The predicted octanol–water partition coefficient (Wildman–Crippen LogP) is 4.87.